The Labute approximate surface area is 89.1 Å². The van der Waals surface area contributed by atoms with Crippen LogP contribution in [-0.4, -0.2) is 28.7 Å². The van der Waals surface area contributed by atoms with Crippen molar-refractivity contribution in [3.05, 3.63) is 23.0 Å². The summed E-state index contributed by atoms with van der Waals surface area (Å²) in [7, 11) is 0. The molecule has 5 nitrogen and oxygen atoms in total. The molecule has 1 unspecified atom stereocenters. The Hall–Kier alpha value is -1.49. The van der Waals surface area contributed by atoms with Crippen molar-refractivity contribution < 1.29 is 4.79 Å². The first-order valence-electron chi connectivity index (χ1n) is 4.86. The number of amides is 1. The standard InChI is InChI=1S/C10H16N4O/c1-6-4-9(8(3)14-13-6)10(15)12-7(2)5-11/h4,7H,5,11H2,1-3H3,(H,12,15). The highest BCUT2D eigenvalue weighted by atomic mass is 16.1. The number of hydrogen-bond donors (Lipinski definition) is 2. The van der Waals surface area contributed by atoms with Gasteiger partial charge in [0, 0.05) is 12.6 Å². The van der Waals surface area contributed by atoms with E-state index in [-0.39, 0.29) is 11.9 Å². The van der Waals surface area contributed by atoms with E-state index in [9.17, 15) is 4.79 Å². The molecule has 1 rings (SSSR count). The van der Waals surface area contributed by atoms with E-state index >= 15 is 0 Å². The summed E-state index contributed by atoms with van der Waals surface area (Å²) in [6, 6.07) is 1.69. The molecule has 1 aromatic rings. The number of nitrogens with two attached hydrogens (primary N) is 1. The van der Waals surface area contributed by atoms with Crippen LogP contribution in [0.1, 0.15) is 28.7 Å². The van der Waals surface area contributed by atoms with Crippen LogP contribution < -0.4 is 11.1 Å². The van der Waals surface area contributed by atoms with Crippen molar-refractivity contribution in [1.82, 2.24) is 15.5 Å². The van der Waals surface area contributed by atoms with Crippen molar-refractivity contribution in [2.45, 2.75) is 26.8 Å². The molecule has 1 heterocycles. The van der Waals surface area contributed by atoms with Crippen LogP contribution in [0.3, 0.4) is 0 Å². The molecule has 5 heteroatoms. The zero-order valence-corrected chi connectivity index (χ0v) is 9.24. The number of aryl methyl sites for hydroxylation is 2. The second-order valence-electron chi connectivity index (χ2n) is 3.60. The van der Waals surface area contributed by atoms with Gasteiger partial charge in [0.15, 0.2) is 0 Å². The normalized spacial score (nSPS) is 12.3. The van der Waals surface area contributed by atoms with Crippen molar-refractivity contribution in [3.63, 3.8) is 0 Å². The van der Waals surface area contributed by atoms with Gasteiger partial charge in [0.1, 0.15) is 0 Å². The van der Waals surface area contributed by atoms with Crippen LogP contribution in [0.4, 0.5) is 0 Å². The lowest BCUT2D eigenvalue weighted by Crippen LogP contribution is -2.38. The van der Waals surface area contributed by atoms with Gasteiger partial charge in [0.25, 0.3) is 5.91 Å². The molecule has 1 aromatic heterocycles. The molecule has 1 atom stereocenters. The Kier molecular flexibility index (Phi) is 3.74. The van der Waals surface area contributed by atoms with Crippen LogP contribution in [0.2, 0.25) is 0 Å². The Bertz CT molecular complexity index is 364. The van der Waals surface area contributed by atoms with Crippen LogP contribution in [0.15, 0.2) is 6.07 Å². The first kappa shape index (κ1) is 11.6. The molecule has 0 bridgehead atoms. The largest absolute Gasteiger partial charge is 0.348 e. The number of carbonyl (C=O) groups excluding carboxylic acids is 1. The lowest BCUT2D eigenvalue weighted by molar-refractivity contribution is 0.0940. The highest BCUT2D eigenvalue weighted by molar-refractivity contribution is 5.95. The van der Waals surface area contributed by atoms with E-state index in [1.807, 2.05) is 6.92 Å². The van der Waals surface area contributed by atoms with E-state index in [0.717, 1.165) is 5.69 Å². The second kappa shape index (κ2) is 4.84. The fourth-order valence-corrected chi connectivity index (χ4v) is 1.14. The van der Waals surface area contributed by atoms with Gasteiger partial charge in [0.05, 0.1) is 17.0 Å². The monoisotopic (exact) mass is 208 g/mol. The molecule has 0 aliphatic carbocycles. The van der Waals surface area contributed by atoms with Crippen LogP contribution >= 0.6 is 0 Å². The topological polar surface area (TPSA) is 80.9 Å². The molecular weight excluding hydrogens is 192 g/mol. The summed E-state index contributed by atoms with van der Waals surface area (Å²) in [5.41, 5.74) is 7.34. The zero-order chi connectivity index (χ0) is 11.4. The summed E-state index contributed by atoms with van der Waals surface area (Å²) in [5.74, 6) is -0.150. The van der Waals surface area contributed by atoms with Gasteiger partial charge in [-0.25, -0.2) is 0 Å². The minimum atomic E-state index is -0.150. The maximum atomic E-state index is 11.8. The Morgan fingerprint density at radius 3 is 2.80 bits per heavy atom. The Balaban J connectivity index is 2.86. The van der Waals surface area contributed by atoms with Gasteiger partial charge in [0.2, 0.25) is 0 Å². The van der Waals surface area contributed by atoms with E-state index in [1.165, 1.54) is 0 Å². The van der Waals surface area contributed by atoms with E-state index < -0.39 is 0 Å². The molecule has 0 aliphatic rings. The SMILES string of the molecule is Cc1cc(C(=O)NC(C)CN)c(C)nn1. The van der Waals surface area contributed by atoms with Crippen molar-refractivity contribution in [1.29, 1.82) is 0 Å². The first-order chi connectivity index (χ1) is 7.04. The quantitative estimate of drug-likeness (QED) is 0.742. The maximum Gasteiger partial charge on any atom is 0.253 e. The first-order valence-corrected chi connectivity index (χ1v) is 4.86. The molecule has 15 heavy (non-hydrogen) atoms. The van der Waals surface area contributed by atoms with Crippen LogP contribution in [0, 0.1) is 13.8 Å². The summed E-state index contributed by atoms with van der Waals surface area (Å²) < 4.78 is 0. The smallest absolute Gasteiger partial charge is 0.253 e. The predicted octanol–water partition coefficient (Wildman–Crippen LogP) is 0.170. The molecule has 3 N–H and O–H groups in total. The summed E-state index contributed by atoms with van der Waals surface area (Å²) in [5, 5.41) is 10.5. The molecule has 0 fully saturated rings. The number of carbonyl (C=O) groups is 1. The lowest BCUT2D eigenvalue weighted by atomic mass is 10.2. The van der Waals surface area contributed by atoms with Crippen LogP contribution in [-0.2, 0) is 0 Å². The molecule has 0 aromatic carbocycles. The molecule has 0 saturated carbocycles. The molecular formula is C10H16N4O. The average Bonchev–Trinajstić information content (AvgIpc) is 2.21. The average molecular weight is 208 g/mol. The molecule has 1 amide bonds. The molecule has 0 radical (unpaired) electrons. The highest BCUT2D eigenvalue weighted by Crippen LogP contribution is 2.05. The van der Waals surface area contributed by atoms with Gasteiger partial charge in [-0.1, -0.05) is 0 Å². The molecule has 82 valence electrons. The number of aromatic nitrogens is 2. The van der Waals surface area contributed by atoms with Gasteiger partial charge >= 0.3 is 0 Å². The van der Waals surface area contributed by atoms with E-state index in [2.05, 4.69) is 15.5 Å². The van der Waals surface area contributed by atoms with E-state index in [4.69, 9.17) is 5.73 Å². The van der Waals surface area contributed by atoms with E-state index in [1.54, 1.807) is 19.9 Å². The number of hydrogen-bond acceptors (Lipinski definition) is 4. The molecule has 0 aliphatic heterocycles. The van der Waals surface area contributed by atoms with Gasteiger partial charge < -0.3 is 11.1 Å². The third-order valence-corrected chi connectivity index (χ3v) is 2.08. The third kappa shape index (κ3) is 2.99. The molecule has 0 saturated heterocycles. The van der Waals surface area contributed by atoms with Crippen molar-refractivity contribution >= 4 is 5.91 Å². The predicted molar refractivity (Wildman–Crippen MR) is 57.5 cm³/mol. The Morgan fingerprint density at radius 1 is 1.53 bits per heavy atom. The number of nitrogens with one attached hydrogen (secondary N) is 1. The van der Waals surface area contributed by atoms with Gasteiger partial charge in [-0.2, -0.15) is 10.2 Å². The fraction of sp³-hybridized carbons (Fsp3) is 0.500. The van der Waals surface area contributed by atoms with Crippen LogP contribution in [0.5, 0.6) is 0 Å². The van der Waals surface area contributed by atoms with Crippen molar-refractivity contribution in [3.8, 4) is 0 Å². The minimum absolute atomic E-state index is 0.0367. The molecule has 0 spiro atoms. The highest BCUT2D eigenvalue weighted by Gasteiger charge is 2.12. The summed E-state index contributed by atoms with van der Waals surface area (Å²) in [4.78, 5) is 11.8. The lowest BCUT2D eigenvalue weighted by Gasteiger charge is -2.12. The van der Waals surface area contributed by atoms with Gasteiger partial charge in [-0.05, 0) is 26.8 Å². The Morgan fingerprint density at radius 2 is 2.20 bits per heavy atom. The second-order valence-corrected chi connectivity index (χ2v) is 3.60. The summed E-state index contributed by atoms with van der Waals surface area (Å²) in [6.07, 6.45) is 0. The zero-order valence-electron chi connectivity index (χ0n) is 9.24. The van der Waals surface area contributed by atoms with Crippen molar-refractivity contribution in [2.24, 2.45) is 5.73 Å². The number of nitrogens with zero attached hydrogens (tertiary/aromatic N) is 2. The number of rotatable bonds is 3. The van der Waals surface area contributed by atoms with Crippen molar-refractivity contribution in [2.75, 3.05) is 6.54 Å². The minimum Gasteiger partial charge on any atom is -0.348 e. The van der Waals surface area contributed by atoms with Gasteiger partial charge in [-0.3, -0.25) is 4.79 Å². The maximum absolute atomic E-state index is 11.8. The summed E-state index contributed by atoms with van der Waals surface area (Å²) in [6.45, 7) is 5.83. The van der Waals surface area contributed by atoms with Gasteiger partial charge in [-0.15, -0.1) is 0 Å². The van der Waals surface area contributed by atoms with E-state index in [0.29, 0.717) is 17.8 Å². The fourth-order valence-electron chi connectivity index (χ4n) is 1.14. The summed E-state index contributed by atoms with van der Waals surface area (Å²) >= 11 is 0. The van der Waals surface area contributed by atoms with Crippen LogP contribution in [0.25, 0.3) is 0 Å². The third-order valence-electron chi connectivity index (χ3n) is 2.08.